The normalized spacial score (nSPS) is 11.5. The van der Waals surface area contributed by atoms with Crippen molar-refractivity contribution in [3.63, 3.8) is 0 Å². The van der Waals surface area contributed by atoms with E-state index in [0.717, 1.165) is 0 Å². The fourth-order valence-electron chi connectivity index (χ4n) is 1.55. The zero-order valence-corrected chi connectivity index (χ0v) is 10.8. The molecule has 6 heteroatoms. The van der Waals surface area contributed by atoms with Gasteiger partial charge in [0.15, 0.2) is 0 Å². The number of benzene rings is 1. The molecule has 19 heavy (non-hydrogen) atoms. The Balaban J connectivity index is 2.93. The summed E-state index contributed by atoms with van der Waals surface area (Å²) >= 11 is 0. The van der Waals surface area contributed by atoms with Crippen LogP contribution in [0.15, 0.2) is 24.3 Å². The van der Waals surface area contributed by atoms with Gasteiger partial charge in [-0.3, -0.25) is 9.59 Å². The Morgan fingerprint density at radius 2 is 1.89 bits per heavy atom. The number of hydrogen-bond donors (Lipinski definition) is 3. The molecule has 1 atom stereocenters. The van der Waals surface area contributed by atoms with E-state index in [1.807, 2.05) is 0 Å². The molecule has 0 unspecified atom stereocenters. The molecule has 0 heterocycles. The molecule has 1 rings (SSSR count). The van der Waals surface area contributed by atoms with Crippen LogP contribution in [0.2, 0.25) is 0 Å². The second-order valence-electron chi connectivity index (χ2n) is 4.00. The lowest BCUT2D eigenvalue weighted by molar-refractivity contribution is -0.139. The van der Waals surface area contributed by atoms with Crippen LogP contribution in [0, 0.1) is 0 Å². The molecule has 0 radical (unpaired) electrons. The van der Waals surface area contributed by atoms with E-state index in [1.54, 1.807) is 25.1 Å². The van der Waals surface area contributed by atoms with Gasteiger partial charge in [0, 0.05) is 6.92 Å². The molecular formula is C13H16N2O4. The maximum atomic E-state index is 12.0. The van der Waals surface area contributed by atoms with E-state index in [2.05, 4.69) is 10.6 Å². The third kappa shape index (κ3) is 4.09. The van der Waals surface area contributed by atoms with Gasteiger partial charge in [-0.15, -0.1) is 0 Å². The van der Waals surface area contributed by atoms with Crippen molar-refractivity contribution in [2.75, 3.05) is 5.32 Å². The smallest absolute Gasteiger partial charge is 0.326 e. The van der Waals surface area contributed by atoms with Crippen LogP contribution in [0.1, 0.15) is 30.6 Å². The number of carboxylic acid groups (broad SMARTS) is 1. The van der Waals surface area contributed by atoms with Crippen LogP contribution in [-0.2, 0) is 9.59 Å². The van der Waals surface area contributed by atoms with E-state index in [1.165, 1.54) is 13.0 Å². The van der Waals surface area contributed by atoms with Gasteiger partial charge in [0.1, 0.15) is 6.04 Å². The number of amides is 2. The molecule has 0 aliphatic heterocycles. The number of nitrogens with one attached hydrogen (secondary N) is 2. The van der Waals surface area contributed by atoms with Crippen LogP contribution in [0.25, 0.3) is 0 Å². The minimum absolute atomic E-state index is 0.234. The molecule has 1 aromatic rings. The highest BCUT2D eigenvalue weighted by Gasteiger charge is 2.20. The molecule has 0 spiro atoms. The first-order chi connectivity index (χ1) is 8.95. The largest absolute Gasteiger partial charge is 0.480 e. The van der Waals surface area contributed by atoms with E-state index >= 15 is 0 Å². The summed E-state index contributed by atoms with van der Waals surface area (Å²) in [6, 6.07) is 5.48. The van der Waals surface area contributed by atoms with Crippen molar-refractivity contribution in [2.24, 2.45) is 0 Å². The lowest BCUT2D eigenvalue weighted by Crippen LogP contribution is -2.40. The molecule has 2 amide bonds. The van der Waals surface area contributed by atoms with Crippen LogP contribution >= 0.6 is 0 Å². The molecule has 6 nitrogen and oxygen atoms in total. The highest BCUT2D eigenvalue weighted by molar-refractivity contribution is 6.04. The van der Waals surface area contributed by atoms with Crippen LogP contribution in [0.4, 0.5) is 5.69 Å². The number of carboxylic acids is 1. The molecule has 102 valence electrons. The summed E-state index contributed by atoms with van der Waals surface area (Å²) in [6.45, 7) is 3.00. The summed E-state index contributed by atoms with van der Waals surface area (Å²) in [5, 5.41) is 13.8. The molecule has 0 aliphatic carbocycles. The second kappa shape index (κ2) is 6.53. The van der Waals surface area contributed by atoms with Crippen LogP contribution in [0.5, 0.6) is 0 Å². The Kier molecular flexibility index (Phi) is 5.05. The van der Waals surface area contributed by atoms with E-state index in [0.29, 0.717) is 5.69 Å². The zero-order chi connectivity index (χ0) is 14.4. The molecule has 0 fully saturated rings. The Morgan fingerprint density at radius 3 is 2.42 bits per heavy atom. The second-order valence-corrected chi connectivity index (χ2v) is 4.00. The number of anilines is 1. The number of aliphatic carboxylic acids is 1. The van der Waals surface area contributed by atoms with Crippen molar-refractivity contribution in [1.82, 2.24) is 5.32 Å². The van der Waals surface area contributed by atoms with Crippen molar-refractivity contribution in [1.29, 1.82) is 0 Å². The summed E-state index contributed by atoms with van der Waals surface area (Å²) < 4.78 is 0. The first kappa shape index (κ1) is 14.7. The van der Waals surface area contributed by atoms with Gasteiger partial charge in [-0.05, 0) is 18.6 Å². The Hall–Kier alpha value is -2.37. The minimum Gasteiger partial charge on any atom is -0.480 e. The maximum Gasteiger partial charge on any atom is 0.326 e. The van der Waals surface area contributed by atoms with Gasteiger partial charge in [-0.2, -0.15) is 0 Å². The van der Waals surface area contributed by atoms with Gasteiger partial charge in [-0.25, -0.2) is 4.79 Å². The third-order valence-electron chi connectivity index (χ3n) is 2.49. The zero-order valence-electron chi connectivity index (χ0n) is 10.8. The SMILES string of the molecule is CC[C@@H](NC(=O)c1ccccc1NC(C)=O)C(=O)O. The van der Waals surface area contributed by atoms with E-state index in [9.17, 15) is 14.4 Å². The maximum absolute atomic E-state index is 12.0. The van der Waals surface area contributed by atoms with Crippen LogP contribution < -0.4 is 10.6 Å². The lowest BCUT2D eigenvalue weighted by atomic mass is 10.1. The van der Waals surface area contributed by atoms with E-state index < -0.39 is 17.9 Å². The van der Waals surface area contributed by atoms with Crippen molar-refractivity contribution < 1.29 is 19.5 Å². The highest BCUT2D eigenvalue weighted by Crippen LogP contribution is 2.15. The average Bonchev–Trinajstić information content (AvgIpc) is 2.35. The third-order valence-corrected chi connectivity index (χ3v) is 2.49. The van der Waals surface area contributed by atoms with Crippen LogP contribution in [0.3, 0.4) is 0 Å². The van der Waals surface area contributed by atoms with Crippen molar-refractivity contribution in [3.05, 3.63) is 29.8 Å². The number of para-hydroxylation sites is 1. The van der Waals surface area contributed by atoms with Crippen molar-refractivity contribution >= 4 is 23.5 Å². The summed E-state index contributed by atoms with van der Waals surface area (Å²) in [4.78, 5) is 33.9. The van der Waals surface area contributed by atoms with Gasteiger partial charge < -0.3 is 15.7 Å². The average molecular weight is 264 g/mol. The fraction of sp³-hybridized carbons (Fsp3) is 0.308. The molecule has 1 aromatic carbocycles. The fourth-order valence-corrected chi connectivity index (χ4v) is 1.55. The van der Waals surface area contributed by atoms with Crippen molar-refractivity contribution in [3.8, 4) is 0 Å². The van der Waals surface area contributed by atoms with E-state index in [-0.39, 0.29) is 17.9 Å². The molecule has 0 saturated heterocycles. The molecule has 0 bridgehead atoms. The first-order valence-corrected chi connectivity index (χ1v) is 5.86. The summed E-state index contributed by atoms with van der Waals surface area (Å²) in [7, 11) is 0. The summed E-state index contributed by atoms with van der Waals surface area (Å²) in [6.07, 6.45) is 0.281. The number of carbonyl (C=O) groups is 3. The molecule has 0 saturated carbocycles. The topological polar surface area (TPSA) is 95.5 Å². The van der Waals surface area contributed by atoms with Crippen molar-refractivity contribution in [2.45, 2.75) is 26.3 Å². The first-order valence-electron chi connectivity index (χ1n) is 5.86. The molecule has 0 aromatic heterocycles. The Bertz CT molecular complexity index is 499. The van der Waals surface area contributed by atoms with Crippen LogP contribution in [-0.4, -0.2) is 28.9 Å². The summed E-state index contributed by atoms with van der Waals surface area (Å²) in [5.74, 6) is -1.92. The van der Waals surface area contributed by atoms with Gasteiger partial charge in [0.25, 0.3) is 5.91 Å². The number of carbonyl (C=O) groups excluding carboxylic acids is 2. The predicted molar refractivity (Wildman–Crippen MR) is 69.9 cm³/mol. The van der Waals surface area contributed by atoms with Gasteiger partial charge in [0.05, 0.1) is 11.3 Å². The monoisotopic (exact) mass is 264 g/mol. The minimum atomic E-state index is -1.09. The van der Waals surface area contributed by atoms with Gasteiger partial charge in [-0.1, -0.05) is 19.1 Å². The lowest BCUT2D eigenvalue weighted by Gasteiger charge is -2.14. The number of rotatable bonds is 5. The molecule has 3 N–H and O–H groups in total. The summed E-state index contributed by atoms with van der Waals surface area (Å²) in [5.41, 5.74) is 0.588. The highest BCUT2D eigenvalue weighted by atomic mass is 16.4. The van der Waals surface area contributed by atoms with Gasteiger partial charge in [0.2, 0.25) is 5.91 Å². The molecular weight excluding hydrogens is 248 g/mol. The van der Waals surface area contributed by atoms with E-state index in [4.69, 9.17) is 5.11 Å². The Morgan fingerprint density at radius 1 is 1.26 bits per heavy atom. The number of hydrogen-bond acceptors (Lipinski definition) is 3. The van der Waals surface area contributed by atoms with Gasteiger partial charge >= 0.3 is 5.97 Å². The quantitative estimate of drug-likeness (QED) is 0.745. The standard InChI is InChI=1S/C13H16N2O4/c1-3-10(13(18)19)15-12(17)9-6-4-5-7-11(9)14-8(2)16/h4-7,10H,3H2,1-2H3,(H,14,16)(H,15,17)(H,18,19)/t10-/m1/s1. The predicted octanol–water partition coefficient (Wildman–Crippen LogP) is 1.24. The Labute approximate surface area is 110 Å². The molecule has 0 aliphatic rings.